The summed E-state index contributed by atoms with van der Waals surface area (Å²) in [7, 11) is 0. The number of fused-ring (bicyclic) bond motifs is 2. The van der Waals surface area contributed by atoms with Crippen LogP contribution in [-0.4, -0.2) is 29.0 Å². The van der Waals surface area contributed by atoms with Crippen LogP contribution >= 0.6 is 0 Å². The maximum absolute atomic E-state index is 13.6. The lowest BCUT2D eigenvalue weighted by Crippen LogP contribution is -2.53. The number of nitrogens with one attached hydrogen (secondary N) is 1. The Morgan fingerprint density at radius 1 is 0.939 bits per heavy atom. The predicted molar refractivity (Wildman–Crippen MR) is 122 cm³/mol. The average Bonchev–Trinajstić information content (AvgIpc) is 3.26. The van der Waals surface area contributed by atoms with Gasteiger partial charge in [0.05, 0.1) is 22.4 Å². The van der Waals surface area contributed by atoms with Crippen LogP contribution in [0.4, 0.5) is 11.4 Å². The molecule has 164 valence electrons. The maximum Gasteiger partial charge on any atom is 0.274 e. The fourth-order valence-corrected chi connectivity index (χ4v) is 4.84. The highest BCUT2D eigenvalue weighted by molar-refractivity contribution is 6.09. The number of β-lactam (4-membered cyclic amide) rings is 1. The molecule has 1 saturated heterocycles. The van der Waals surface area contributed by atoms with Crippen molar-refractivity contribution in [2.45, 2.75) is 12.0 Å². The van der Waals surface area contributed by atoms with Gasteiger partial charge in [0, 0.05) is 34.9 Å². The molecule has 2 aliphatic rings. The first-order valence-corrected chi connectivity index (χ1v) is 10.7. The number of para-hydroxylation sites is 2. The molecule has 8 heteroatoms. The lowest BCUT2D eigenvalue weighted by molar-refractivity contribution is -0.385. The molecule has 6 rings (SSSR count). The van der Waals surface area contributed by atoms with E-state index in [-0.39, 0.29) is 11.6 Å². The van der Waals surface area contributed by atoms with Crippen LogP contribution in [0.15, 0.2) is 72.9 Å². The third-order valence-electron chi connectivity index (χ3n) is 6.31. The van der Waals surface area contributed by atoms with E-state index in [0.29, 0.717) is 36.0 Å². The summed E-state index contributed by atoms with van der Waals surface area (Å²) in [4.78, 5) is 29.9. The van der Waals surface area contributed by atoms with Gasteiger partial charge in [0.2, 0.25) is 5.91 Å². The van der Waals surface area contributed by atoms with Crippen molar-refractivity contribution in [3.63, 3.8) is 0 Å². The molecule has 2 aliphatic heterocycles. The second-order valence-electron chi connectivity index (χ2n) is 8.06. The summed E-state index contributed by atoms with van der Waals surface area (Å²) in [5.41, 5.74) is 2.84. The number of aromatic nitrogens is 1. The van der Waals surface area contributed by atoms with Gasteiger partial charge in [0.1, 0.15) is 13.2 Å². The normalized spacial score (nSPS) is 19.4. The Hall–Kier alpha value is -4.33. The van der Waals surface area contributed by atoms with Gasteiger partial charge in [-0.05, 0) is 23.8 Å². The van der Waals surface area contributed by atoms with Crippen LogP contribution in [0.3, 0.4) is 0 Å². The Kier molecular flexibility index (Phi) is 4.33. The number of benzene rings is 3. The molecule has 3 heterocycles. The molecule has 1 fully saturated rings. The second kappa shape index (κ2) is 7.37. The number of hydrogen-bond acceptors (Lipinski definition) is 5. The van der Waals surface area contributed by atoms with Crippen molar-refractivity contribution in [3.05, 3.63) is 94.2 Å². The Balaban J connectivity index is 1.50. The first-order valence-electron chi connectivity index (χ1n) is 10.7. The SMILES string of the molecule is O=C1C(c2c[nH]c3ccccc23)C(c2ccccc2[N+](=O)[O-])N1c1ccc2c(c1)OCCO2. The molecule has 0 radical (unpaired) electrons. The van der Waals surface area contributed by atoms with E-state index in [4.69, 9.17) is 9.47 Å². The molecule has 0 bridgehead atoms. The van der Waals surface area contributed by atoms with Crippen LogP contribution in [0.1, 0.15) is 23.1 Å². The van der Waals surface area contributed by atoms with E-state index in [2.05, 4.69) is 4.98 Å². The van der Waals surface area contributed by atoms with Crippen molar-refractivity contribution in [2.24, 2.45) is 0 Å². The number of rotatable bonds is 4. The van der Waals surface area contributed by atoms with E-state index in [9.17, 15) is 14.9 Å². The van der Waals surface area contributed by atoms with Crippen LogP contribution in [0.5, 0.6) is 11.5 Å². The molecule has 3 aromatic carbocycles. The topological polar surface area (TPSA) is 97.7 Å². The highest BCUT2D eigenvalue weighted by atomic mass is 16.6. The summed E-state index contributed by atoms with van der Waals surface area (Å²) in [6.07, 6.45) is 1.83. The van der Waals surface area contributed by atoms with E-state index in [0.717, 1.165) is 16.5 Å². The summed E-state index contributed by atoms with van der Waals surface area (Å²) in [6.45, 7) is 0.895. The van der Waals surface area contributed by atoms with Gasteiger partial charge in [0.25, 0.3) is 5.69 Å². The minimum absolute atomic E-state index is 0.0117. The Labute approximate surface area is 188 Å². The van der Waals surface area contributed by atoms with E-state index in [1.807, 2.05) is 30.5 Å². The maximum atomic E-state index is 13.6. The third-order valence-corrected chi connectivity index (χ3v) is 6.31. The predicted octanol–water partition coefficient (Wildman–Crippen LogP) is 4.72. The molecule has 1 aromatic heterocycles. The first-order chi connectivity index (χ1) is 16.1. The fraction of sp³-hybridized carbons (Fsp3) is 0.160. The van der Waals surface area contributed by atoms with E-state index < -0.39 is 16.9 Å². The number of aromatic amines is 1. The second-order valence-corrected chi connectivity index (χ2v) is 8.06. The zero-order valence-corrected chi connectivity index (χ0v) is 17.4. The van der Waals surface area contributed by atoms with E-state index in [1.54, 1.807) is 41.3 Å². The van der Waals surface area contributed by atoms with Crippen molar-refractivity contribution in [3.8, 4) is 11.5 Å². The van der Waals surface area contributed by atoms with Gasteiger partial charge in [-0.1, -0.05) is 36.4 Å². The number of amides is 1. The summed E-state index contributed by atoms with van der Waals surface area (Å²) in [5.74, 6) is 0.492. The van der Waals surface area contributed by atoms with Crippen LogP contribution in [-0.2, 0) is 4.79 Å². The third kappa shape index (κ3) is 2.95. The van der Waals surface area contributed by atoms with Crippen molar-refractivity contribution in [2.75, 3.05) is 18.1 Å². The molecular weight excluding hydrogens is 422 g/mol. The van der Waals surface area contributed by atoms with E-state index in [1.165, 1.54) is 6.07 Å². The average molecular weight is 441 g/mol. The van der Waals surface area contributed by atoms with Gasteiger partial charge in [-0.25, -0.2) is 0 Å². The molecule has 4 aromatic rings. The van der Waals surface area contributed by atoms with Crippen LogP contribution < -0.4 is 14.4 Å². The summed E-state index contributed by atoms with van der Waals surface area (Å²) >= 11 is 0. The number of nitro benzene ring substituents is 1. The van der Waals surface area contributed by atoms with Crippen molar-refractivity contribution in [1.29, 1.82) is 0 Å². The van der Waals surface area contributed by atoms with Gasteiger partial charge in [-0.15, -0.1) is 0 Å². The highest BCUT2D eigenvalue weighted by Crippen LogP contribution is 2.53. The van der Waals surface area contributed by atoms with E-state index >= 15 is 0 Å². The quantitative estimate of drug-likeness (QED) is 0.281. The highest BCUT2D eigenvalue weighted by Gasteiger charge is 2.52. The number of hydrogen-bond donors (Lipinski definition) is 1. The van der Waals surface area contributed by atoms with Gasteiger partial charge in [0.15, 0.2) is 11.5 Å². The van der Waals surface area contributed by atoms with Crippen molar-refractivity contribution < 1.29 is 19.2 Å². The number of anilines is 1. The zero-order chi connectivity index (χ0) is 22.5. The van der Waals surface area contributed by atoms with Crippen molar-refractivity contribution in [1.82, 2.24) is 4.98 Å². The van der Waals surface area contributed by atoms with Crippen LogP contribution in [0.25, 0.3) is 10.9 Å². The smallest absolute Gasteiger partial charge is 0.274 e. The monoisotopic (exact) mass is 441 g/mol. The molecular formula is C25H19N3O5. The number of carbonyl (C=O) groups excluding carboxylic acids is 1. The Morgan fingerprint density at radius 2 is 1.70 bits per heavy atom. The molecule has 2 unspecified atom stereocenters. The molecule has 1 N–H and O–H groups in total. The molecule has 2 atom stereocenters. The lowest BCUT2D eigenvalue weighted by atomic mass is 9.76. The number of H-pyrrole nitrogens is 1. The Morgan fingerprint density at radius 3 is 2.55 bits per heavy atom. The molecule has 8 nitrogen and oxygen atoms in total. The van der Waals surface area contributed by atoms with Gasteiger partial charge in [-0.3, -0.25) is 14.9 Å². The fourth-order valence-electron chi connectivity index (χ4n) is 4.84. The Bertz CT molecular complexity index is 1410. The lowest BCUT2D eigenvalue weighted by Gasteiger charge is -2.47. The number of ether oxygens (including phenoxy) is 2. The summed E-state index contributed by atoms with van der Waals surface area (Å²) < 4.78 is 11.3. The van der Waals surface area contributed by atoms with Gasteiger partial charge >= 0.3 is 0 Å². The summed E-state index contributed by atoms with van der Waals surface area (Å²) in [5, 5.41) is 12.8. The van der Waals surface area contributed by atoms with Crippen LogP contribution in [0, 0.1) is 10.1 Å². The molecule has 1 amide bonds. The standard InChI is InChI=1S/C25H19N3O5/c29-25-23(18-14-26-19-7-3-1-5-16(18)19)24(17-6-2-4-8-20(17)28(30)31)27(25)15-9-10-21-22(13-15)33-12-11-32-21/h1-10,13-14,23-24,26H,11-12H2. The minimum Gasteiger partial charge on any atom is -0.486 e. The van der Waals surface area contributed by atoms with Gasteiger partial charge < -0.3 is 19.4 Å². The molecule has 33 heavy (non-hydrogen) atoms. The molecule has 0 saturated carbocycles. The van der Waals surface area contributed by atoms with Gasteiger partial charge in [-0.2, -0.15) is 0 Å². The largest absolute Gasteiger partial charge is 0.486 e. The number of carbonyl (C=O) groups is 1. The minimum atomic E-state index is -0.560. The number of nitro groups is 1. The molecule has 0 spiro atoms. The van der Waals surface area contributed by atoms with Crippen LogP contribution in [0.2, 0.25) is 0 Å². The molecule has 0 aliphatic carbocycles. The van der Waals surface area contributed by atoms with Crippen molar-refractivity contribution >= 4 is 28.2 Å². The first kappa shape index (κ1) is 19.4. The zero-order valence-electron chi connectivity index (χ0n) is 17.4. The summed E-state index contributed by atoms with van der Waals surface area (Å²) in [6, 6.07) is 19.1. The number of nitrogens with zero attached hydrogens (tertiary/aromatic N) is 2.